The number of aliphatic hydroxyl groups is 1. The first kappa shape index (κ1) is 10.5. The highest BCUT2D eigenvalue weighted by molar-refractivity contribution is 4.83. The van der Waals surface area contributed by atoms with E-state index in [9.17, 15) is 5.11 Å². The van der Waals surface area contributed by atoms with Gasteiger partial charge in [0.05, 0.1) is 6.10 Å². The second kappa shape index (κ2) is 4.65. The van der Waals surface area contributed by atoms with Crippen LogP contribution >= 0.6 is 0 Å². The molecule has 0 aromatic rings. The van der Waals surface area contributed by atoms with Crippen molar-refractivity contribution < 1.29 is 5.11 Å². The quantitative estimate of drug-likeness (QED) is 0.731. The minimum atomic E-state index is 0.0400. The van der Waals surface area contributed by atoms with Crippen LogP contribution in [0.2, 0.25) is 0 Å². The van der Waals surface area contributed by atoms with Gasteiger partial charge in [0, 0.05) is 0 Å². The minimum absolute atomic E-state index is 0.0400. The van der Waals surface area contributed by atoms with Gasteiger partial charge >= 0.3 is 0 Å². The molecule has 14 heavy (non-hydrogen) atoms. The molecule has 0 amide bonds. The van der Waals surface area contributed by atoms with E-state index in [1.165, 1.54) is 44.9 Å². The first-order valence-corrected chi connectivity index (χ1v) is 6.47. The van der Waals surface area contributed by atoms with Crippen LogP contribution in [-0.2, 0) is 0 Å². The van der Waals surface area contributed by atoms with Crippen molar-refractivity contribution in [3.8, 4) is 0 Å². The Labute approximate surface area is 87.9 Å². The maximum Gasteiger partial charge on any atom is 0.0571 e. The smallest absolute Gasteiger partial charge is 0.0571 e. The third kappa shape index (κ3) is 2.73. The van der Waals surface area contributed by atoms with Gasteiger partial charge in [0.25, 0.3) is 0 Å². The molecule has 2 aliphatic carbocycles. The van der Waals surface area contributed by atoms with Gasteiger partial charge in [0.1, 0.15) is 0 Å². The maximum atomic E-state index is 9.86. The van der Waals surface area contributed by atoms with E-state index in [4.69, 9.17) is 0 Å². The monoisotopic (exact) mass is 196 g/mol. The molecule has 2 aliphatic rings. The molecule has 1 atom stereocenters. The highest BCUT2D eigenvalue weighted by Gasteiger charge is 2.32. The van der Waals surface area contributed by atoms with E-state index in [-0.39, 0.29) is 6.10 Å². The lowest BCUT2D eigenvalue weighted by atomic mass is 9.78. The van der Waals surface area contributed by atoms with E-state index in [1.807, 2.05) is 0 Å². The summed E-state index contributed by atoms with van der Waals surface area (Å²) in [5.74, 6) is 2.51. The molecule has 0 spiro atoms. The molecule has 1 unspecified atom stereocenters. The standard InChI is InChI=1S/C13H24O/c1-2-10-3-5-11(6-4-10)9-13(14)12-7-8-12/h10-14H,2-9H2,1H3. The number of aliphatic hydroxyl groups excluding tert-OH is 1. The summed E-state index contributed by atoms with van der Waals surface area (Å²) in [4.78, 5) is 0. The summed E-state index contributed by atoms with van der Waals surface area (Å²) in [7, 11) is 0. The van der Waals surface area contributed by atoms with Crippen molar-refractivity contribution in [3.05, 3.63) is 0 Å². The van der Waals surface area contributed by atoms with Crippen LogP contribution in [0, 0.1) is 17.8 Å². The zero-order chi connectivity index (χ0) is 9.97. The molecule has 0 radical (unpaired) electrons. The van der Waals surface area contributed by atoms with Crippen LogP contribution in [0.5, 0.6) is 0 Å². The number of hydrogen-bond donors (Lipinski definition) is 1. The molecular formula is C13H24O. The first-order valence-electron chi connectivity index (χ1n) is 6.47. The molecule has 2 saturated carbocycles. The number of hydrogen-bond acceptors (Lipinski definition) is 1. The maximum absolute atomic E-state index is 9.86. The second-order valence-electron chi connectivity index (χ2n) is 5.44. The van der Waals surface area contributed by atoms with Gasteiger partial charge in [-0.3, -0.25) is 0 Å². The van der Waals surface area contributed by atoms with E-state index in [0.29, 0.717) is 5.92 Å². The molecule has 0 bridgehead atoms. The van der Waals surface area contributed by atoms with E-state index < -0.39 is 0 Å². The lowest BCUT2D eigenvalue weighted by Gasteiger charge is -2.29. The van der Waals surface area contributed by atoms with E-state index in [1.54, 1.807) is 0 Å². The predicted molar refractivity (Wildman–Crippen MR) is 59.1 cm³/mol. The molecule has 2 fully saturated rings. The third-order valence-corrected chi connectivity index (χ3v) is 4.28. The molecule has 0 saturated heterocycles. The van der Waals surface area contributed by atoms with Gasteiger partial charge in [-0.2, -0.15) is 0 Å². The van der Waals surface area contributed by atoms with Crippen molar-refractivity contribution in [2.45, 2.75) is 64.4 Å². The van der Waals surface area contributed by atoms with Crippen molar-refractivity contribution in [2.75, 3.05) is 0 Å². The highest BCUT2D eigenvalue weighted by atomic mass is 16.3. The van der Waals surface area contributed by atoms with Crippen molar-refractivity contribution in [2.24, 2.45) is 17.8 Å². The Morgan fingerprint density at radius 2 is 1.57 bits per heavy atom. The van der Waals surface area contributed by atoms with Gasteiger partial charge in [-0.1, -0.05) is 39.0 Å². The Kier molecular flexibility index (Phi) is 3.48. The van der Waals surface area contributed by atoms with Crippen LogP contribution in [0.25, 0.3) is 0 Å². The molecule has 0 aromatic heterocycles. The van der Waals surface area contributed by atoms with E-state index in [0.717, 1.165) is 18.3 Å². The molecule has 2 rings (SSSR count). The van der Waals surface area contributed by atoms with Gasteiger partial charge in [-0.05, 0) is 37.0 Å². The number of rotatable bonds is 4. The third-order valence-electron chi connectivity index (χ3n) is 4.28. The largest absolute Gasteiger partial charge is 0.393 e. The fourth-order valence-corrected chi connectivity index (χ4v) is 2.89. The molecule has 1 N–H and O–H groups in total. The Morgan fingerprint density at radius 3 is 2.07 bits per heavy atom. The van der Waals surface area contributed by atoms with Gasteiger partial charge in [-0.15, -0.1) is 0 Å². The Balaban J connectivity index is 1.67. The van der Waals surface area contributed by atoms with Crippen LogP contribution in [0.3, 0.4) is 0 Å². The summed E-state index contributed by atoms with van der Waals surface area (Å²) in [6.45, 7) is 2.31. The van der Waals surface area contributed by atoms with Crippen LogP contribution in [0.15, 0.2) is 0 Å². The fraction of sp³-hybridized carbons (Fsp3) is 1.00. The minimum Gasteiger partial charge on any atom is -0.393 e. The summed E-state index contributed by atoms with van der Waals surface area (Å²) in [6, 6.07) is 0. The lowest BCUT2D eigenvalue weighted by molar-refractivity contribution is 0.104. The molecule has 1 heteroatoms. The van der Waals surface area contributed by atoms with E-state index in [2.05, 4.69) is 6.92 Å². The van der Waals surface area contributed by atoms with Gasteiger partial charge < -0.3 is 5.11 Å². The molecule has 82 valence electrons. The summed E-state index contributed by atoms with van der Waals surface area (Å²) < 4.78 is 0. The first-order chi connectivity index (χ1) is 6.79. The zero-order valence-electron chi connectivity index (χ0n) is 9.41. The summed E-state index contributed by atoms with van der Waals surface area (Å²) in [6.07, 6.45) is 10.6. The Morgan fingerprint density at radius 1 is 1.00 bits per heavy atom. The summed E-state index contributed by atoms with van der Waals surface area (Å²) in [5.41, 5.74) is 0. The highest BCUT2D eigenvalue weighted by Crippen LogP contribution is 2.39. The van der Waals surface area contributed by atoms with Crippen LogP contribution in [0.4, 0.5) is 0 Å². The van der Waals surface area contributed by atoms with Crippen LogP contribution in [0.1, 0.15) is 58.3 Å². The lowest BCUT2D eigenvalue weighted by Crippen LogP contribution is -2.20. The SMILES string of the molecule is CCC1CCC(CC(O)C2CC2)CC1. The van der Waals surface area contributed by atoms with E-state index >= 15 is 0 Å². The molecular weight excluding hydrogens is 172 g/mol. The fourth-order valence-electron chi connectivity index (χ4n) is 2.89. The zero-order valence-corrected chi connectivity index (χ0v) is 9.41. The van der Waals surface area contributed by atoms with Gasteiger partial charge in [-0.25, -0.2) is 0 Å². The van der Waals surface area contributed by atoms with Crippen molar-refractivity contribution in [3.63, 3.8) is 0 Å². The Bertz CT molecular complexity index is 166. The summed E-state index contributed by atoms with van der Waals surface area (Å²) in [5, 5.41) is 9.86. The Hall–Kier alpha value is -0.0400. The average molecular weight is 196 g/mol. The predicted octanol–water partition coefficient (Wildman–Crippen LogP) is 3.36. The second-order valence-corrected chi connectivity index (χ2v) is 5.44. The molecule has 0 aromatic carbocycles. The van der Waals surface area contributed by atoms with Crippen molar-refractivity contribution in [1.29, 1.82) is 0 Å². The molecule has 0 heterocycles. The summed E-state index contributed by atoms with van der Waals surface area (Å²) >= 11 is 0. The molecule has 1 nitrogen and oxygen atoms in total. The van der Waals surface area contributed by atoms with Crippen LogP contribution in [-0.4, -0.2) is 11.2 Å². The molecule has 0 aliphatic heterocycles. The van der Waals surface area contributed by atoms with Gasteiger partial charge in [0.2, 0.25) is 0 Å². The van der Waals surface area contributed by atoms with Crippen molar-refractivity contribution in [1.82, 2.24) is 0 Å². The topological polar surface area (TPSA) is 20.2 Å². The average Bonchev–Trinajstić information content (AvgIpc) is 3.02. The van der Waals surface area contributed by atoms with Crippen LogP contribution < -0.4 is 0 Å². The normalized spacial score (nSPS) is 35.6. The van der Waals surface area contributed by atoms with Gasteiger partial charge in [0.15, 0.2) is 0 Å². The van der Waals surface area contributed by atoms with Crippen molar-refractivity contribution >= 4 is 0 Å².